The number of hydrogen-bond acceptors (Lipinski definition) is 4. The predicted octanol–water partition coefficient (Wildman–Crippen LogP) is 2.86. The fraction of sp³-hybridized carbons (Fsp3) is 0.462. The van der Waals surface area contributed by atoms with Crippen LogP contribution < -0.4 is 4.72 Å². The molecule has 0 aliphatic rings. The molecule has 1 unspecified atom stereocenters. The van der Waals surface area contributed by atoms with Crippen molar-refractivity contribution >= 4 is 39.2 Å². The van der Waals surface area contributed by atoms with Crippen molar-refractivity contribution < 1.29 is 17.9 Å². The third-order valence-corrected chi connectivity index (χ3v) is 5.10. The van der Waals surface area contributed by atoms with E-state index in [2.05, 4.69) is 9.46 Å². The van der Waals surface area contributed by atoms with Crippen LogP contribution in [0.5, 0.6) is 0 Å². The lowest BCUT2D eigenvalue weighted by atomic mass is 10.1. The van der Waals surface area contributed by atoms with Gasteiger partial charge in [-0.2, -0.15) is 4.72 Å². The predicted molar refractivity (Wildman–Crippen MR) is 82.0 cm³/mol. The number of rotatable bonds is 6. The van der Waals surface area contributed by atoms with Gasteiger partial charge in [-0.05, 0) is 24.5 Å². The first kappa shape index (κ1) is 18.2. The Bertz CT molecular complexity index is 596. The van der Waals surface area contributed by atoms with E-state index in [0.29, 0.717) is 6.42 Å². The molecule has 0 radical (unpaired) electrons. The maximum absolute atomic E-state index is 12.4. The average Bonchev–Trinajstić information content (AvgIpc) is 2.35. The number of methoxy groups -OCH3 is 1. The second-order valence-electron chi connectivity index (χ2n) is 4.88. The van der Waals surface area contributed by atoms with Gasteiger partial charge in [-0.15, -0.1) is 0 Å². The third-order valence-electron chi connectivity index (χ3n) is 2.68. The third kappa shape index (κ3) is 4.85. The topological polar surface area (TPSA) is 72.5 Å². The van der Waals surface area contributed by atoms with Gasteiger partial charge in [0.2, 0.25) is 10.0 Å². The van der Waals surface area contributed by atoms with Gasteiger partial charge >= 0.3 is 5.97 Å². The first-order chi connectivity index (χ1) is 9.69. The zero-order chi connectivity index (χ0) is 16.2. The number of sulfonamides is 1. The quantitative estimate of drug-likeness (QED) is 0.798. The summed E-state index contributed by atoms with van der Waals surface area (Å²) in [5, 5.41) is -0.0219. The van der Waals surface area contributed by atoms with Crippen LogP contribution in [0.1, 0.15) is 20.3 Å². The zero-order valence-electron chi connectivity index (χ0n) is 11.9. The monoisotopic (exact) mass is 353 g/mol. The summed E-state index contributed by atoms with van der Waals surface area (Å²) in [4.78, 5) is 11.5. The number of ether oxygens (including phenoxy) is 1. The van der Waals surface area contributed by atoms with Crippen LogP contribution in [0.2, 0.25) is 10.0 Å². The summed E-state index contributed by atoms with van der Waals surface area (Å²) in [6.07, 6.45) is 0.300. The minimum Gasteiger partial charge on any atom is -0.468 e. The molecule has 21 heavy (non-hydrogen) atoms. The Morgan fingerprint density at radius 2 is 1.81 bits per heavy atom. The standard InChI is InChI=1S/C13H17Cl2NO4S/c1-8(2)7-11(13(17)20-3)16-21(18,19)12-9(14)5-4-6-10(12)15/h4-6,8,11,16H,7H2,1-3H3. The van der Waals surface area contributed by atoms with E-state index >= 15 is 0 Å². The Kier molecular flexibility index (Phi) is 6.46. The van der Waals surface area contributed by atoms with Crippen molar-refractivity contribution in [2.24, 2.45) is 5.92 Å². The summed E-state index contributed by atoms with van der Waals surface area (Å²) < 4.78 is 31.7. The lowest BCUT2D eigenvalue weighted by Crippen LogP contribution is -2.42. The van der Waals surface area contributed by atoms with Gasteiger partial charge in [-0.1, -0.05) is 43.1 Å². The maximum Gasteiger partial charge on any atom is 0.323 e. The molecule has 1 rings (SSSR count). The van der Waals surface area contributed by atoms with E-state index in [1.165, 1.54) is 25.3 Å². The summed E-state index contributed by atoms with van der Waals surface area (Å²) in [5.74, 6) is -0.561. The van der Waals surface area contributed by atoms with Gasteiger partial charge in [0.05, 0.1) is 17.2 Å². The molecular formula is C13H17Cl2NO4S. The average molecular weight is 354 g/mol. The molecule has 118 valence electrons. The van der Waals surface area contributed by atoms with Crippen molar-refractivity contribution in [2.45, 2.75) is 31.2 Å². The van der Waals surface area contributed by atoms with E-state index in [4.69, 9.17) is 23.2 Å². The minimum atomic E-state index is -4.04. The van der Waals surface area contributed by atoms with Crippen molar-refractivity contribution in [3.05, 3.63) is 28.2 Å². The molecule has 0 saturated heterocycles. The fourth-order valence-electron chi connectivity index (χ4n) is 1.79. The molecular weight excluding hydrogens is 337 g/mol. The number of carbonyl (C=O) groups excluding carboxylic acids is 1. The molecule has 0 amide bonds. The van der Waals surface area contributed by atoms with Gasteiger partial charge in [-0.25, -0.2) is 8.42 Å². The van der Waals surface area contributed by atoms with Gasteiger partial charge in [0.1, 0.15) is 10.9 Å². The van der Waals surface area contributed by atoms with Gasteiger partial charge in [0, 0.05) is 0 Å². The summed E-state index contributed by atoms with van der Waals surface area (Å²) in [6, 6.07) is 3.37. The Morgan fingerprint density at radius 3 is 2.24 bits per heavy atom. The van der Waals surface area contributed by atoms with E-state index in [0.717, 1.165) is 0 Å². The van der Waals surface area contributed by atoms with E-state index < -0.39 is 22.0 Å². The molecule has 0 aliphatic carbocycles. The molecule has 0 bridgehead atoms. The van der Waals surface area contributed by atoms with E-state index in [9.17, 15) is 13.2 Å². The van der Waals surface area contributed by atoms with E-state index in [1.54, 1.807) is 0 Å². The van der Waals surface area contributed by atoms with Gasteiger partial charge in [0.15, 0.2) is 0 Å². The number of nitrogens with one attached hydrogen (secondary N) is 1. The summed E-state index contributed by atoms with van der Waals surface area (Å²) >= 11 is 11.8. The lowest BCUT2D eigenvalue weighted by molar-refractivity contribution is -0.143. The second-order valence-corrected chi connectivity index (χ2v) is 7.34. The minimum absolute atomic E-state index is 0.0110. The summed E-state index contributed by atoms with van der Waals surface area (Å²) in [7, 11) is -2.84. The maximum atomic E-state index is 12.4. The molecule has 0 fully saturated rings. The summed E-state index contributed by atoms with van der Waals surface area (Å²) in [6.45, 7) is 3.74. The molecule has 0 heterocycles. The van der Waals surface area contributed by atoms with Crippen molar-refractivity contribution in [1.29, 1.82) is 0 Å². The number of carbonyl (C=O) groups is 1. The van der Waals surface area contributed by atoms with Gasteiger partial charge in [-0.3, -0.25) is 4.79 Å². The lowest BCUT2D eigenvalue weighted by Gasteiger charge is -2.19. The Balaban J connectivity index is 3.15. The van der Waals surface area contributed by atoms with Crippen LogP contribution >= 0.6 is 23.2 Å². The Labute approximate surface area is 134 Å². The van der Waals surface area contributed by atoms with Crippen LogP contribution in [-0.4, -0.2) is 27.5 Å². The van der Waals surface area contributed by atoms with Crippen molar-refractivity contribution in [2.75, 3.05) is 7.11 Å². The molecule has 0 spiro atoms. The molecule has 1 atom stereocenters. The van der Waals surface area contributed by atoms with E-state index in [-0.39, 0.29) is 20.9 Å². The molecule has 0 aromatic heterocycles. The van der Waals surface area contributed by atoms with Gasteiger partial charge < -0.3 is 4.74 Å². The molecule has 0 aliphatic heterocycles. The molecule has 1 aromatic rings. The normalized spacial score (nSPS) is 13.2. The SMILES string of the molecule is COC(=O)C(CC(C)C)NS(=O)(=O)c1c(Cl)cccc1Cl. The molecule has 1 aromatic carbocycles. The molecule has 8 heteroatoms. The first-order valence-electron chi connectivity index (χ1n) is 6.23. The van der Waals surface area contributed by atoms with Crippen LogP contribution in [0.4, 0.5) is 0 Å². The first-order valence-corrected chi connectivity index (χ1v) is 8.47. The summed E-state index contributed by atoms with van der Waals surface area (Å²) in [5.41, 5.74) is 0. The van der Waals surface area contributed by atoms with E-state index in [1.807, 2.05) is 13.8 Å². The van der Waals surface area contributed by atoms with Crippen molar-refractivity contribution in [3.8, 4) is 0 Å². The number of esters is 1. The highest BCUT2D eigenvalue weighted by atomic mass is 35.5. The van der Waals surface area contributed by atoms with Crippen LogP contribution in [0.15, 0.2) is 23.1 Å². The molecule has 5 nitrogen and oxygen atoms in total. The molecule has 1 N–H and O–H groups in total. The Morgan fingerprint density at radius 1 is 1.29 bits per heavy atom. The number of benzene rings is 1. The highest BCUT2D eigenvalue weighted by molar-refractivity contribution is 7.89. The van der Waals surface area contributed by atoms with Crippen LogP contribution in [0, 0.1) is 5.92 Å². The highest BCUT2D eigenvalue weighted by Crippen LogP contribution is 2.29. The van der Waals surface area contributed by atoms with Crippen LogP contribution in [0.3, 0.4) is 0 Å². The zero-order valence-corrected chi connectivity index (χ0v) is 14.2. The largest absolute Gasteiger partial charge is 0.468 e. The van der Waals surface area contributed by atoms with Crippen LogP contribution in [0.25, 0.3) is 0 Å². The number of halogens is 2. The van der Waals surface area contributed by atoms with Crippen molar-refractivity contribution in [3.63, 3.8) is 0 Å². The molecule has 0 saturated carbocycles. The van der Waals surface area contributed by atoms with Crippen molar-refractivity contribution in [1.82, 2.24) is 4.72 Å². The van der Waals surface area contributed by atoms with Gasteiger partial charge in [0.25, 0.3) is 0 Å². The fourth-order valence-corrected chi connectivity index (χ4v) is 4.13. The highest BCUT2D eigenvalue weighted by Gasteiger charge is 2.29. The van der Waals surface area contributed by atoms with Crippen LogP contribution in [-0.2, 0) is 19.6 Å². The number of hydrogen-bond donors (Lipinski definition) is 1. The Hall–Kier alpha value is -0.820. The smallest absolute Gasteiger partial charge is 0.323 e. The second kappa shape index (κ2) is 7.45.